The van der Waals surface area contributed by atoms with Gasteiger partial charge in [-0.3, -0.25) is 0 Å². The normalized spacial score (nSPS) is 11.5. The second kappa shape index (κ2) is 7.44. The molecule has 0 aromatic carbocycles. The van der Waals surface area contributed by atoms with Gasteiger partial charge in [0.2, 0.25) is 4.32 Å². The first-order chi connectivity index (χ1) is 7.52. The second-order valence-electron chi connectivity index (χ2n) is 3.25. The van der Waals surface area contributed by atoms with Crippen molar-refractivity contribution in [2.24, 2.45) is 0 Å². The molecule has 0 rings (SSSR count). The molecule has 0 saturated carbocycles. The van der Waals surface area contributed by atoms with Gasteiger partial charge < -0.3 is 9.47 Å². The van der Waals surface area contributed by atoms with E-state index in [0.29, 0.717) is 12.8 Å². The highest BCUT2D eigenvalue weighted by atomic mass is 79.9. The van der Waals surface area contributed by atoms with Crippen LogP contribution in [-0.4, -0.2) is 30.5 Å². The van der Waals surface area contributed by atoms with Gasteiger partial charge in [0.25, 0.3) is 0 Å². The van der Waals surface area contributed by atoms with Crippen molar-refractivity contribution in [2.45, 2.75) is 30.5 Å². The SMILES string of the molecule is C/C=C/CCCC(Br)(C(=O)OC)C(=O)OC. The first-order valence-corrected chi connectivity index (χ1v) is 5.79. The van der Waals surface area contributed by atoms with E-state index in [0.717, 1.165) is 6.42 Å². The Hall–Kier alpha value is -0.840. The van der Waals surface area contributed by atoms with Crippen LogP contribution in [0.15, 0.2) is 12.2 Å². The minimum Gasteiger partial charge on any atom is -0.468 e. The van der Waals surface area contributed by atoms with E-state index in [2.05, 4.69) is 25.4 Å². The van der Waals surface area contributed by atoms with Crippen LogP contribution in [0.3, 0.4) is 0 Å². The number of carbonyl (C=O) groups is 2. The van der Waals surface area contributed by atoms with Crippen molar-refractivity contribution >= 4 is 27.9 Å². The summed E-state index contributed by atoms with van der Waals surface area (Å²) >= 11 is 3.12. The maximum absolute atomic E-state index is 11.5. The zero-order valence-corrected chi connectivity index (χ0v) is 11.4. The van der Waals surface area contributed by atoms with Gasteiger partial charge in [0, 0.05) is 0 Å². The molecule has 92 valence electrons. The van der Waals surface area contributed by atoms with E-state index in [4.69, 9.17) is 0 Å². The molecular formula is C11H17BrO4. The summed E-state index contributed by atoms with van der Waals surface area (Å²) in [7, 11) is 2.49. The van der Waals surface area contributed by atoms with Gasteiger partial charge in [0.1, 0.15) is 0 Å². The zero-order chi connectivity index (χ0) is 12.6. The largest absolute Gasteiger partial charge is 0.468 e. The highest BCUT2D eigenvalue weighted by Gasteiger charge is 2.45. The highest BCUT2D eigenvalue weighted by molar-refractivity contribution is 9.10. The fourth-order valence-electron chi connectivity index (χ4n) is 1.24. The van der Waals surface area contributed by atoms with Crippen molar-refractivity contribution < 1.29 is 19.1 Å². The van der Waals surface area contributed by atoms with Gasteiger partial charge in [0.15, 0.2) is 0 Å². The summed E-state index contributed by atoms with van der Waals surface area (Å²) < 4.78 is 7.80. The molecule has 0 aliphatic carbocycles. The van der Waals surface area contributed by atoms with Crippen molar-refractivity contribution in [3.05, 3.63) is 12.2 Å². The molecule has 16 heavy (non-hydrogen) atoms. The van der Waals surface area contributed by atoms with E-state index in [9.17, 15) is 9.59 Å². The lowest BCUT2D eigenvalue weighted by molar-refractivity contribution is -0.155. The first kappa shape index (κ1) is 15.2. The van der Waals surface area contributed by atoms with Crippen molar-refractivity contribution in [3.63, 3.8) is 0 Å². The molecule has 0 fully saturated rings. The summed E-state index contributed by atoms with van der Waals surface area (Å²) in [5, 5.41) is 0. The number of rotatable bonds is 6. The van der Waals surface area contributed by atoms with E-state index >= 15 is 0 Å². The molecule has 0 unspecified atom stereocenters. The third-order valence-electron chi connectivity index (χ3n) is 2.15. The molecule has 0 aromatic rings. The minimum atomic E-state index is -1.38. The lowest BCUT2D eigenvalue weighted by Crippen LogP contribution is -2.42. The van der Waals surface area contributed by atoms with Gasteiger partial charge in [-0.15, -0.1) is 0 Å². The zero-order valence-electron chi connectivity index (χ0n) is 9.79. The van der Waals surface area contributed by atoms with Gasteiger partial charge >= 0.3 is 11.9 Å². The lowest BCUT2D eigenvalue weighted by atomic mass is 10.0. The Morgan fingerprint density at radius 1 is 1.25 bits per heavy atom. The molecule has 0 N–H and O–H groups in total. The van der Waals surface area contributed by atoms with Gasteiger partial charge in [-0.2, -0.15) is 0 Å². The molecule has 0 bridgehead atoms. The van der Waals surface area contributed by atoms with E-state index < -0.39 is 16.3 Å². The molecule has 5 heteroatoms. The maximum Gasteiger partial charge on any atom is 0.334 e. The van der Waals surface area contributed by atoms with E-state index in [1.165, 1.54) is 14.2 Å². The summed E-state index contributed by atoms with van der Waals surface area (Å²) in [6.07, 6.45) is 5.74. The number of ether oxygens (including phenoxy) is 2. The maximum atomic E-state index is 11.5. The summed E-state index contributed by atoms with van der Waals surface area (Å²) in [4.78, 5) is 23.0. The van der Waals surface area contributed by atoms with Crippen molar-refractivity contribution in [3.8, 4) is 0 Å². The standard InChI is InChI=1S/C11H17BrO4/c1-4-5-6-7-8-11(12,9(13)15-2)10(14)16-3/h4-5H,6-8H2,1-3H3/b5-4+. The van der Waals surface area contributed by atoms with Crippen LogP contribution in [0.1, 0.15) is 26.2 Å². The Kier molecular flexibility index (Phi) is 7.05. The summed E-state index contributed by atoms with van der Waals surface area (Å²) in [5.41, 5.74) is 0. The Bertz CT molecular complexity index is 257. The quantitative estimate of drug-likeness (QED) is 0.248. The van der Waals surface area contributed by atoms with Crippen LogP contribution in [0.25, 0.3) is 0 Å². The Morgan fingerprint density at radius 2 is 1.75 bits per heavy atom. The molecule has 0 aliphatic rings. The molecule has 0 saturated heterocycles. The average Bonchev–Trinajstić information content (AvgIpc) is 2.32. The summed E-state index contributed by atoms with van der Waals surface area (Å²) in [6.45, 7) is 1.92. The van der Waals surface area contributed by atoms with Crippen molar-refractivity contribution in [2.75, 3.05) is 14.2 Å². The van der Waals surface area contributed by atoms with Crippen LogP contribution in [0.2, 0.25) is 0 Å². The minimum absolute atomic E-state index is 0.344. The van der Waals surface area contributed by atoms with E-state index in [1.54, 1.807) is 0 Å². The number of hydrogen-bond donors (Lipinski definition) is 0. The number of allylic oxidation sites excluding steroid dienone is 2. The number of unbranched alkanes of at least 4 members (excludes halogenated alkanes) is 1. The second-order valence-corrected chi connectivity index (χ2v) is 4.60. The van der Waals surface area contributed by atoms with Crippen LogP contribution in [0, 0.1) is 0 Å². The van der Waals surface area contributed by atoms with E-state index in [1.807, 2.05) is 19.1 Å². The van der Waals surface area contributed by atoms with Crippen molar-refractivity contribution in [1.29, 1.82) is 0 Å². The number of carbonyl (C=O) groups excluding carboxylic acids is 2. The van der Waals surface area contributed by atoms with Gasteiger partial charge in [0.05, 0.1) is 14.2 Å². The Labute approximate surface area is 104 Å². The van der Waals surface area contributed by atoms with Crippen molar-refractivity contribution in [1.82, 2.24) is 0 Å². The fraction of sp³-hybridized carbons (Fsp3) is 0.636. The predicted octanol–water partition coefficient (Wildman–Crippen LogP) is 2.21. The molecular weight excluding hydrogens is 276 g/mol. The van der Waals surface area contributed by atoms with Gasteiger partial charge in [-0.1, -0.05) is 28.1 Å². The Balaban J connectivity index is 4.54. The molecule has 0 atom stereocenters. The number of halogens is 1. The molecule has 0 spiro atoms. The monoisotopic (exact) mass is 292 g/mol. The predicted molar refractivity (Wildman–Crippen MR) is 64.4 cm³/mol. The van der Waals surface area contributed by atoms with Gasteiger partial charge in [-0.05, 0) is 26.2 Å². The fourth-order valence-corrected chi connectivity index (χ4v) is 1.85. The molecule has 0 amide bonds. The average molecular weight is 293 g/mol. The highest BCUT2D eigenvalue weighted by Crippen LogP contribution is 2.28. The third kappa shape index (κ3) is 3.96. The molecule has 0 radical (unpaired) electrons. The van der Waals surface area contributed by atoms with Gasteiger partial charge in [-0.25, -0.2) is 9.59 Å². The summed E-state index contributed by atoms with van der Waals surface area (Å²) in [5.74, 6) is -1.25. The number of hydrogen-bond acceptors (Lipinski definition) is 4. The molecule has 4 nitrogen and oxygen atoms in total. The number of esters is 2. The van der Waals surface area contributed by atoms with Crippen LogP contribution in [0.5, 0.6) is 0 Å². The van der Waals surface area contributed by atoms with Crippen LogP contribution in [0.4, 0.5) is 0 Å². The Morgan fingerprint density at radius 3 is 2.12 bits per heavy atom. The van der Waals surface area contributed by atoms with Crippen LogP contribution < -0.4 is 0 Å². The molecule has 0 aliphatic heterocycles. The number of methoxy groups -OCH3 is 2. The number of alkyl halides is 1. The van der Waals surface area contributed by atoms with Crippen LogP contribution in [-0.2, 0) is 19.1 Å². The van der Waals surface area contributed by atoms with E-state index in [-0.39, 0.29) is 0 Å². The molecule has 0 heterocycles. The first-order valence-electron chi connectivity index (χ1n) is 4.99. The lowest BCUT2D eigenvalue weighted by Gasteiger charge is -2.21. The third-order valence-corrected chi connectivity index (χ3v) is 3.19. The smallest absolute Gasteiger partial charge is 0.334 e. The topological polar surface area (TPSA) is 52.6 Å². The summed E-state index contributed by atoms with van der Waals surface area (Å²) in [6, 6.07) is 0. The molecule has 0 aromatic heterocycles. The van der Waals surface area contributed by atoms with Crippen LogP contribution >= 0.6 is 15.9 Å².